The van der Waals surface area contributed by atoms with Crippen molar-refractivity contribution in [3.8, 4) is 5.75 Å². The van der Waals surface area contributed by atoms with Crippen molar-refractivity contribution < 1.29 is 14.3 Å². The van der Waals surface area contributed by atoms with Crippen molar-refractivity contribution >= 4 is 11.8 Å². The van der Waals surface area contributed by atoms with Gasteiger partial charge in [0.05, 0.1) is 0 Å². The molecule has 2 aromatic carbocycles. The molecule has 0 spiro atoms. The summed E-state index contributed by atoms with van der Waals surface area (Å²) in [4.78, 5) is 27.2. The summed E-state index contributed by atoms with van der Waals surface area (Å²) >= 11 is 0. The smallest absolute Gasteiger partial charge is 0.261 e. The molecule has 0 saturated heterocycles. The van der Waals surface area contributed by atoms with Gasteiger partial charge in [-0.3, -0.25) is 9.59 Å². The van der Waals surface area contributed by atoms with Gasteiger partial charge in [-0.25, -0.2) is 0 Å². The highest BCUT2D eigenvalue weighted by Gasteiger charge is 2.26. The van der Waals surface area contributed by atoms with Crippen molar-refractivity contribution in [3.05, 3.63) is 65.2 Å². The van der Waals surface area contributed by atoms with Gasteiger partial charge in [-0.2, -0.15) is 0 Å². The highest BCUT2D eigenvalue weighted by atomic mass is 16.5. The van der Waals surface area contributed by atoms with E-state index >= 15 is 0 Å². The fourth-order valence-corrected chi connectivity index (χ4v) is 2.90. The first kappa shape index (κ1) is 22.5. The average molecular weight is 397 g/mol. The molecule has 0 aliphatic carbocycles. The van der Waals surface area contributed by atoms with Crippen LogP contribution < -0.4 is 10.1 Å². The fourth-order valence-electron chi connectivity index (χ4n) is 2.90. The Balaban J connectivity index is 2.13. The summed E-state index contributed by atoms with van der Waals surface area (Å²) in [5.74, 6) is 0.656. The lowest BCUT2D eigenvalue weighted by atomic mass is 10.1. The SMILES string of the molecule is Cc1ccc(C)c(OCC(=O)N(Cc2ccccc2)[C@@H](C)C(=O)NCC(C)C)c1. The largest absolute Gasteiger partial charge is 0.483 e. The van der Waals surface area contributed by atoms with Crippen LogP contribution in [0.3, 0.4) is 0 Å². The number of nitrogens with zero attached hydrogens (tertiary/aromatic N) is 1. The molecule has 2 amide bonds. The van der Waals surface area contributed by atoms with E-state index in [0.717, 1.165) is 16.7 Å². The van der Waals surface area contributed by atoms with Crippen LogP contribution >= 0.6 is 0 Å². The monoisotopic (exact) mass is 396 g/mol. The first-order valence-corrected chi connectivity index (χ1v) is 10.1. The molecule has 2 rings (SSSR count). The van der Waals surface area contributed by atoms with E-state index in [0.29, 0.717) is 24.8 Å². The molecular formula is C24H32N2O3. The Hall–Kier alpha value is -2.82. The predicted molar refractivity (Wildman–Crippen MR) is 116 cm³/mol. The van der Waals surface area contributed by atoms with Crippen molar-refractivity contribution in [3.63, 3.8) is 0 Å². The first-order valence-electron chi connectivity index (χ1n) is 10.1. The minimum Gasteiger partial charge on any atom is -0.483 e. The fraction of sp³-hybridized carbons (Fsp3) is 0.417. The third kappa shape index (κ3) is 6.93. The number of carbonyl (C=O) groups excluding carboxylic acids is 2. The van der Waals surface area contributed by atoms with Gasteiger partial charge in [-0.05, 0) is 49.4 Å². The van der Waals surface area contributed by atoms with E-state index in [-0.39, 0.29) is 18.4 Å². The molecule has 0 bridgehead atoms. The second-order valence-electron chi connectivity index (χ2n) is 7.88. The number of benzene rings is 2. The lowest BCUT2D eigenvalue weighted by Crippen LogP contribution is -2.49. The summed E-state index contributed by atoms with van der Waals surface area (Å²) in [5.41, 5.74) is 3.01. The summed E-state index contributed by atoms with van der Waals surface area (Å²) in [7, 11) is 0. The van der Waals surface area contributed by atoms with Crippen LogP contribution in [0.4, 0.5) is 0 Å². The Morgan fingerprint density at radius 3 is 2.38 bits per heavy atom. The van der Waals surface area contributed by atoms with Crippen LogP contribution in [0.1, 0.15) is 37.5 Å². The van der Waals surface area contributed by atoms with E-state index in [2.05, 4.69) is 5.32 Å². The van der Waals surface area contributed by atoms with E-state index in [1.54, 1.807) is 11.8 Å². The Morgan fingerprint density at radius 1 is 1.03 bits per heavy atom. The molecule has 156 valence electrons. The van der Waals surface area contributed by atoms with Crippen molar-refractivity contribution in [2.75, 3.05) is 13.2 Å². The van der Waals surface area contributed by atoms with Gasteiger partial charge in [0.15, 0.2) is 6.61 Å². The Morgan fingerprint density at radius 2 is 1.72 bits per heavy atom. The lowest BCUT2D eigenvalue weighted by molar-refractivity contribution is -0.142. The minimum absolute atomic E-state index is 0.112. The highest BCUT2D eigenvalue weighted by Crippen LogP contribution is 2.19. The van der Waals surface area contributed by atoms with Gasteiger partial charge in [-0.15, -0.1) is 0 Å². The summed E-state index contributed by atoms with van der Waals surface area (Å²) in [6.45, 7) is 10.6. The van der Waals surface area contributed by atoms with Crippen LogP contribution in [0, 0.1) is 19.8 Å². The predicted octanol–water partition coefficient (Wildman–Crippen LogP) is 3.87. The summed E-state index contributed by atoms with van der Waals surface area (Å²) < 4.78 is 5.80. The van der Waals surface area contributed by atoms with Crippen molar-refractivity contribution in [2.24, 2.45) is 5.92 Å². The van der Waals surface area contributed by atoms with Crippen molar-refractivity contribution in [1.82, 2.24) is 10.2 Å². The normalized spacial score (nSPS) is 11.8. The summed E-state index contributed by atoms with van der Waals surface area (Å²) in [5, 5.41) is 2.92. The number of ether oxygens (including phenoxy) is 1. The topological polar surface area (TPSA) is 58.6 Å². The zero-order valence-electron chi connectivity index (χ0n) is 18.1. The summed E-state index contributed by atoms with van der Waals surface area (Å²) in [6.07, 6.45) is 0. The van der Waals surface area contributed by atoms with Gasteiger partial charge in [0.1, 0.15) is 11.8 Å². The third-order valence-electron chi connectivity index (χ3n) is 4.74. The minimum atomic E-state index is -0.594. The van der Waals surface area contributed by atoms with Gasteiger partial charge in [-0.1, -0.05) is 56.3 Å². The Kier molecular flexibility index (Phi) is 8.25. The number of hydrogen-bond donors (Lipinski definition) is 1. The van der Waals surface area contributed by atoms with E-state index < -0.39 is 6.04 Å². The van der Waals surface area contributed by atoms with Gasteiger partial charge in [0, 0.05) is 13.1 Å². The first-order chi connectivity index (χ1) is 13.8. The summed E-state index contributed by atoms with van der Waals surface area (Å²) in [6, 6.07) is 15.0. The number of carbonyl (C=O) groups is 2. The molecule has 0 fully saturated rings. The number of nitrogens with one attached hydrogen (secondary N) is 1. The quantitative estimate of drug-likeness (QED) is 0.700. The number of rotatable bonds is 9. The maximum Gasteiger partial charge on any atom is 0.261 e. The van der Waals surface area contributed by atoms with E-state index in [1.807, 2.05) is 76.2 Å². The van der Waals surface area contributed by atoms with Crippen LogP contribution in [0.5, 0.6) is 5.75 Å². The van der Waals surface area contributed by atoms with Crippen LogP contribution in [0.15, 0.2) is 48.5 Å². The lowest BCUT2D eigenvalue weighted by Gasteiger charge is -2.29. The number of hydrogen-bond acceptors (Lipinski definition) is 3. The molecule has 0 radical (unpaired) electrons. The van der Waals surface area contributed by atoms with Crippen molar-refractivity contribution in [1.29, 1.82) is 0 Å². The van der Waals surface area contributed by atoms with Gasteiger partial charge in [0.2, 0.25) is 5.91 Å². The molecule has 0 saturated carbocycles. The molecule has 29 heavy (non-hydrogen) atoms. The number of aryl methyl sites for hydroxylation is 2. The molecule has 0 unspecified atom stereocenters. The van der Waals surface area contributed by atoms with Crippen molar-refractivity contribution in [2.45, 2.75) is 47.2 Å². The van der Waals surface area contributed by atoms with E-state index in [4.69, 9.17) is 4.74 Å². The van der Waals surface area contributed by atoms with Crippen LogP contribution in [-0.2, 0) is 16.1 Å². The average Bonchev–Trinajstić information content (AvgIpc) is 2.70. The van der Waals surface area contributed by atoms with Gasteiger partial charge < -0.3 is 15.0 Å². The van der Waals surface area contributed by atoms with E-state index in [1.165, 1.54) is 0 Å². The van der Waals surface area contributed by atoms with E-state index in [9.17, 15) is 9.59 Å². The Bertz CT molecular complexity index is 818. The molecule has 1 N–H and O–H groups in total. The molecule has 0 aliphatic heterocycles. The molecular weight excluding hydrogens is 364 g/mol. The molecule has 0 aliphatic rings. The maximum atomic E-state index is 13.0. The molecule has 2 aromatic rings. The molecule has 1 atom stereocenters. The maximum absolute atomic E-state index is 13.0. The van der Waals surface area contributed by atoms with Crippen LogP contribution in [0.2, 0.25) is 0 Å². The molecule has 0 aromatic heterocycles. The highest BCUT2D eigenvalue weighted by molar-refractivity contribution is 5.88. The van der Waals surface area contributed by atoms with Crippen LogP contribution in [-0.4, -0.2) is 35.9 Å². The van der Waals surface area contributed by atoms with Gasteiger partial charge in [0.25, 0.3) is 5.91 Å². The standard InChI is InChI=1S/C24H32N2O3/c1-17(2)14-25-24(28)20(5)26(15-21-9-7-6-8-10-21)23(27)16-29-22-13-18(3)11-12-19(22)4/h6-13,17,20H,14-16H2,1-5H3,(H,25,28)/t20-/m0/s1. The molecule has 0 heterocycles. The molecule has 5 nitrogen and oxygen atoms in total. The second kappa shape index (κ2) is 10.6. The number of amides is 2. The second-order valence-corrected chi connectivity index (χ2v) is 7.88. The molecule has 5 heteroatoms. The zero-order chi connectivity index (χ0) is 21.4. The van der Waals surface area contributed by atoms with Gasteiger partial charge >= 0.3 is 0 Å². The zero-order valence-corrected chi connectivity index (χ0v) is 18.1. The van der Waals surface area contributed by atoms with Crippen LogP contribution in [0.25, 0.3) is 0 Å². The Labute approximate surface area is 174 Å². The third-order valence-corrected chi connectivity index (χ3v) is 4.74.